The molecule has 0 aromatic heterocycles. The number of rotatable bonds is 7. The van der Waals surface area contributed by atoms with Crippen molar-refractivity contribution in [2.75, 3.05) is 6.61 Å². The van der Waals surface area contributed by atoms with Gasteiger partial charge in [-0.3, -0.25) is 9.59 Å². The van der Waals surface area contributed by atoms with Crippen molar-refractivity contribution in [1.29, 1.82) is 0 Å². The molecule has 0 spiro atoms. The van der Waals surface area contributed by atoms with Crippen LogP contribution in [0.2, 0.25) is 0 Å². The zero-order valence-corrected chi connectivity index (χ0v) is 13.9. The molecule has 1 aliphatic carbocycles. The van der Waals surface area contributed by atoms with Crippen LogP contribution in [0.4, 0.5) is 13.2 Å². The Balaban J connectivity index is 1.80. The maximum atomic E-state index is 12.1. The van der Waals surface area contributed by atoms with Gasteiger partial charge in [-0.2, -0.15) is 13.2 Å². The van der Waals surface area contributed by atoms with E-state index in [4.69, 9.17) is 5.11 Å². The van der Waals surface area contributed by atoms with Gasteiger partial charge in [0.2, 0.25) is 5.91 Å². The van der Waals surface area contributed by atoms with E-state index < -0.39 is 36.0 Å². The molecule has 2 rings (SSSR count). The number of carboxylic acids is 1. The second-order valence-corrected chi connectivity index (χ2v) is 6.76. The van der Waals surface area contributed by atoms with Crippen molar-refractivity contribution < 1.29 is 32.6 Å². The number of halogens is 3. The number of carbonyl (C=O) groups excluding carboxylic acids is 1. The van der Waals surface area contributed by atoms with E-state index >= 15 is 0 Å². The summed E-state index contributed by atoms with van der Waals surface area (Å²) in [5.74, 6) is -2.52. The molecule has 0 heterocycles. The molecule has 138 valence electrons. The van der Waals surface area contributed by atoms with Crippen LogP contribution in [-0.2, 0) is 27.5 Å². The smallest absolute Gasteiger partial charge is 0.411 e. The fourth-order valence-corrected chi connectivity index (χ4v) is 2.93. The van der Waals surface area contributed by atoms with Crippen LogP contribution in [0.15, 0.2) is 24.3 Å². The van der Waals surface area contributed by atoms with Gasteiger partial charge in [-0.1, -0.05) is 38.1 Å². The van der Waals surface area contributed by atoms with Crippen LogP contribution < -0.4 is 5.32 Å². The van der Waals surface area contributed by atoms with Crippen LogP contribution in [0, 0.1) is 17.3 Å². The molecule has 0 bridgehead atoms. The van der Waals surface area contributed by atoms with Crippen LogP contribution in [0.5, 0.6) is 0 Å². The minimum Gasteiger partial charge on any atom is -0.481 e. The molecule has 0 radical (unpaired) electrons. The summed E-state index contributed by atoms with van der Waals surface area (Å²) in [4.78, 5) is 23.2. The number of amides is 1. The molecule has 2 atom stereocenters. The van der Waals surface area contributed by atoms with Crippen molar-refractivity contribution in [3.05, 3.63) is 35.4 Å². The molecule has 1 amide bonds. The number of hydrogen-bond acceptors (Lipinski definition) is 3. The van der Waals surface area contributed by atoms with Gasteiger partial charge < -0.3 is 15.2 Å². The van der Waals surface area contributed by atoms with Crippen molar-refractivity contribution in [2.24, 2.45) is 17.3 Å². The molecule has 2 N–H and O–H groups in total. The van der Waals surface area contributed by atoms with Crippen LogP contribution in [-0.4, -0.2) is 29.8 Å². The first-order valence-corrected chi connectivity index (χ1v) is 7.75. The number of carboxylic acid groups (broad SMARTS) is 1. The molecule has 0 unspecified atom stereocenters. The van der Waals surface area contributed by atoms with E-state index in [1.54, 1.807) is 38.1 Å². The number of ether oxygens (including phenoxy) is 1. The Kier molecular flexibility index (Phi) is 5.41. The van der Waals surface area contributed by atoms with Crippen LogP contribution in [0.3, 0.4) is 0 Å². The monoisotopic (exact) mass is 359 g/mol. The van der Waals surface area contributed by atoms with Gasteiger partial charge in [0.05, 0.1) is 18.4 Å². The van der Waals surface area contributed by atoms with Crippen molar-refractivity contribution >= 4 is 11.9 Å². The Morgan fingerprint density at radius 2 is 1.72 bits per heavy atom. The summed E-state index contributed by atoms with van der Waals surface area (Å²) in [6.45, 7) is 2.26. The minimum absolute atomic E-state index is 0.150. The van der Waals surface area contributed by atoms with E-state index in [0.717, 1.165) is 5.56 Å². The first-order chi connectivity index (χ1) is 11.5. The summed E-state index contributed by atoms with van der Waals surface area (Å²) < 4.78 is 40.6. The summed E-state index contributed by atoms with van der Waals surface area (Å²) in [7, 11) is 0. The van der Waals surface area contributed by atoms with E-state index in [-0.39, 0.29) is 19.1 Å². The normalized spacial score (nSPS) is 21.6. The van der Waals surface area contributed by atoms with E-state index in [1.807, 2.05) is 0 Å². The van der Waals surface area contributed by atoms with E-state index in [9.17, 15) is 22.8 Å². The lowest BCUT2D eigenvalue weighted by atomic mass is 10.1. The Morgan fingerprint density at radius 1 is 1.16 bits per heavy atom. The summed E-state index contributed by atoms with van der Waals surface area (Å²) in [5, 5.41) is 11.8. The fourth-order valence-electron chi connectivity index (χ4n) is 2.93. The van der Waals surface area contributed by atoms with Crippen molar-refractivity contribution in [3.63, 3.8) is 0 Å². The molecule has 1 aliphatic rings. The van der Waals surface area contributed by atoms with Gasteiger partial charge in [0, 0.05) is 6.54 Å². The highest BCUT2D eigenvalue weighted by Gasteiger charge is 2.65. The van der Waals surface area contributed by atoms with Crippen molar-refractivity contribution in [2.45, 2.75) is 33.2 Å². The Bertz CT molecular complexity index is 640. The summed E-state index contributed by atoms with van der Waals surface area (Å²) in [5.41, 5.74) is 0.794. The summed E-state index contributed by atoms with van der Waals surface area (Å²) >= 11 is 0. The van der Waals surface area contributed by atoms with Gasteiger partial charge in [0.15, 0.2) is 0 Å². The van der Waals surface area contributed by atoms with Gasteiger partial charge in [-0.25, -0.2) is 0 Å². The molecule has 1 saturated carbocycles. The van der Waals surface area contributed by atoms with Crippen LogP contribution in [0.25, 0.3) is 0 Å². The highest BCUT2D eigenvalue weighted by molar-refractivity contribution is 5.91. The van der Waals surface area contributed by atoms with E-state index in [2.05, 4.69) is 10.1 Å². The number of nitrogens with one attached hydrogen (secondary N) is 1. The third-order valence-corrected chi connectivity index (χ3v) is 4.40. The molecule has 25 heavy (non-hydrogen) atoms. The van der Waals surface area contributed by atoms with Crippen molar-refractivity contribution in [1.82, 2.24) is 5.32 Å². The third kappa shape index (κ3) is 4.94. The third-order valence-electron chi connectivity index (χ3n) is 4.40. The standard InChI is InChI=1S/C17H20F3NO4/c1-16(2)12(13(16)15(23)24)14(22)21-7-10-3-5-11(6-4-10)8-25-9-17(18,19)20/h3-6,12-13H,7-9H2,1-2H3,(H,21,22)(H,23,24)/t12-,13+/m1/s1. The molecular weight excluding hydrogens is 339 g/mol. The maximum absolute atomic E-state index is 12.1. The molecule has 1 aromatic carbocycles. The lowest BCUT2D eigenvalue weighted by Crippen LogP contribution is -2.26. The van der Waals surface area contributed by atoms with Gasteiger partial charge in [-0.15, -0.1) is 0 Å². The predicted octanol–water partition coefficient (Wildman–Crippen LogP) is 2.74. The molecule has 0 aliphatic heterocycles. The Hall–Kier alpha value is -2.09. The fraction of sp³-hybridized carbons (Fsp3) is 0.529. The highest BCUT2D eigenvalue weighted by atomic mass is 19.4. The predicted molar refractivity (Wildman–Crippen MR) is 82.4 cm³/mol. The minimum atomic E-state index is -4.35. The zero-order chi connectivity index (χ0) is 18.8. The van der Waals surface area contributed by atoms with Gasteiger partial charge in [0.1, 0.15) is 6.61 Å². The quantitative estimate of drug-likeness (QED) is 0.785. The topological polar surface area (TPSA) is 75.6 Å². The molecule has 8 heteroatoms. The Labute approximate surface area is 143 Å². The number of aliphatic carboxylic acids is 1. The average molecular weight is 359 g/mol. The van der Waals surface area contributed by atoms with Crippen LogP contribution >= 0.6 is 0 Å². The zero-order valence-electron chi connectivity index (χ0n) is 13.9. The molecule has 0 saturated heterocycles. The number of alkyl halides is 3. The lowest BCUT2D eigenvalue weighted by molar-refractivity contribution is -0.176. The molecular formula is C17H20F3NO4. The first-order valence-electron chi connectivity index (χ1n) is 7.75. The number of carbonyl (C=O) groups is 2. The van der Waals surface area contributed by atoms with Gasteiger partial charge in [0.25, 0.3) is 0 Å². The maximum Gasteiger partial charge on any atom is 0.411 e. The molecule has 5 nitrogen and oxygen atoms in total. The first kappa shape index (κ1) is 19.2. The van der Waals surface area contributed by atoms with Gasteiger partial charge >= 0.3 is 12.1 Å². The number of hydrogen-bond donors (Lipinski definition) is 2. The lowest BCUT2D eigenvalue weighted by Gasteiger charge is -2.09. The Morgan fingerprint density at radius 3 is 2.20 bits per heavy atom. The molecule has 1 fully saturated rings. The summed E-state index contributed by atoms with van der Waals surface area (Å²) in [6, 6.07) is 6.61. The molecule has 1 aromatic rings. The largest absolute Gasteiger partial charge is 0.481 e. The van der Waals surface area contributed by atoms with Gasteiger partial charge in [-0.05, 0) is 16.5 Å². The van der Waals surface area contributed by atoms with E-state index in [1.165, 1.54) is 0 Å². The van der Waals surface area contributed by atoms with Crippen LogP contribution in [0.1, 0.15) is 25.0 Å². The SMILES string of the molecule is CC1(C)[C@H](C(=O)O)[C@@H]1C(=O)NCc1ccc(COCC(F)(F)F)cc1. The average Bonchev–Trinajstić information content (AvgIpc) is 3.08. The summed E-state index contributed by atoms with van der Waals surface area (Å²) in [6.07, 6.45) is -4.35. The van der Waals surface area contributed by atoms with E-state index in [0.29, 0.717) is 5.56 Å². The number of benzene rings is 1. The second kappa shape index (κ2) is 7.03. The van der Waals surface area contributed by atoms with Crippen molar-refractivity contribution in [3.8, 4) is 0 Å². The second-order valence-electron chi connectivity index (χ2n) is 6.76. The highest BCUT2D eigenvalue weighted by Crippen LogP contribution is 2.58.